The van der Waals surface area contributed by atoms with Crippen LogP contribution >= 0.6 is 11.6 Å². The van der Waals surface area contributed by atoms with Crippen LogP contribution in [0.2, 0.25) is 5.02 Å². The summed E-state index contributed by atoms with van der Waals surface area (Å²) in [7, 11) is 0. The van der Waals surface area contributed by atoms with Crippen LogP contribution in [0.15, 0.2) is 78.9 Å². The Bertz CT molecular complexity index is 1460. The maximum Gasteiger partial charge on any atom is 0.256 e. The molecular formula is C28H23ClN4O2. The minimum atomic E-state index is -0.531. The van der Waals surface area contributed by atoms with E-state index in [0.29, 0.717) is 22.9 Å². The molecule has 6 rings (SSSR count). The predicted octanol–water partition coefficient (Wildman–Crippen LogP) is 5.60. The lowest BCUT2D eigenvalue weighted by Gasteiger charge is -2.19. The molecule has 0 radical (unpaired) electrons. The summed E-state index contributed by atoms with van der Waals surface area (Å²) in [6.07, 6.45) is 0.784. The lowest BCUT2D eigenvalue weighted by atomic mass is 9.92. The molecule has 1 aromatic heterocycles. The number of amides is 2. The summed E-state index contributed by atoms with van der Waals surface area (Å²) in [6.45, 7) is 2.27. The first-order chi connectivity index (χ1) is 17.0. The Morgan fingerprint density at radius 3 is 2.69 bits per heavy atom. The molecule has 1 spiro atoms. The van der Waals surface area contributed by atoms with Crippen molar-refractivity contribution < 1.29 is 9.59 Å². The highest BCUT2D eigenvalue weighted by atomic mass is 35.5. The van der Waals surface area contributed by atoms with Crippen LogP contribution in [0.3, 0.4) is 0 Å². The van der Waals surface area contributed by atoms with E-state index in [-0.39, 0.29) is 17.7 Å². The Morgan fingerprint density at radius 1 is 1.11 bits per heavy atom. The van der Waals surface area contributed by atoms with Gasteiger partial charge in [0.2, 0.25) is 5.91 Å². The zero-order valence-electron chi connectivity index (χ0n) is 19.1. The van der Waals surface area contributed by atoms with Crippen LogP contribution in [-0.2, 0) is 16.8 Å². The van der Waals surface area contributed by atoms with Crippen molar-refractivity contribution in [2.45, 2.75) is 31.2 Å². The van der Waals surface area contributed by atoms with Gasteiger partial charge in [-0.1, -0.05) is 54.1 Å². The third kappa shape index (κ3) is 3.61. The van der Waals surface area contributed by atoms with Gasteiger partial charge in [-0.05, 0) is 60.4 Å². The van der Waals surface area contributed by atoms with Crippen molar-refractivity contribution in [3.8, 4) is 0 Å². The summed E-state index contributed by atoms with van der Waals surface area (Å²) in [5, 5.41) is 10.4. The van der Waals surface area contributed by atoms with Crippen molar-refractivity contribution in [2.75, 3.05) is 10.2 Å². The highest BCUT2D eigenvalue weighted by molar-refractivity contribution is 6.30. The van der Waals surface area contributed by atoms with Crippen LogP contribution in [-0.4, -0.2) is 22.0 Å². The van der Waals surface area contributed by atoms with E-state index in [1.807, 2.05) is 72.5 Å². The maximum absolute atomic E-state index is 13.9. The van der Waals surface area contributed by atoms with Crippen LogP contribution in [0, 0.1) is 6.92 Å². The van der Waals surface area contributed by atoms with Crippen LogP contribution < -0.4 is 10.2 Å². The zero-order valence-corrected chi connectivity index (χ0v) is 19.8. The molecule has 1 saturated carbocycles. The van der Waals surface area contributed by atoms with Gasteiger partial charge in [0, 0.05) is 34.0 Å². The quantitative estimate of drug-likeness (QED) is 0.389. The van der Waals surface area contributed by atoms with Gasteiger partial charge >= 0.3 is 0 Å². The first-order valence-electron chi connectivity index (χ1n) is 11.5. The fraction of sp³-hybridized carbons (Fsp3) is 0.179. The van der Waals surface area contributed by atoms with Crippen LogP contribution in [0.1, 0.15) is 45.1 Å². The van der Waals surface area contributed by atoms with Gasteiger partial charge < -0.3 is 10.2 Å². The average Bonchev–Trinajstić information content (AvgIpc) is 3.43. The van der Waals surface area contributed by atoms with E-state index in [9.17, 15) is 9.59 Å². The number of fused-ring (bicyclic) bond motifs is 2. The molecule has 2 heterocycles. The standard InChI is InChI=1S/C28H23ClN4O2/c1-17-13-25(32-31-17)30-26(34)20-6-4-5-18(14-20)16-33-24-8-3-2-7-22(24)28(27(33)35)15-23(28)19-9-11-21(29)12-10-19/h2-14,23H,15-16H2,1H3,(H2,30,31,32,34)/t23-,28-/m1/s1. The normalized spacial score (nSPS) is 20.2. The number of aryl methyl sites for hydroxylation is 1. The van der Waals surface area contributed by atoms with Gasteiger partial charge in [-0.25, -0.2) is 0 Å². The van der Waals surface area contributed by atoms with E-state index in [1.165, 1.54) is 0 Å². The Hall–Kier alpha value is -3.90. The van der Waals surface area contributed by atoms with Crippen molar-refractivity contribution in [3.63, 3.8) is 0 Å². The van der Waals surface area contributed by atoms with E-state index < -0.39 is 5.41 Å². The van der Waals surface area contributed by atoms with Crippen molar-refractivity contribution >= 4 is 34.9 Å². The number of aromatic nitrogens is 2. The first-order valence-corrected chi connectivity index (χ1v) is 11.9. The number of carbonyl (C=O) groups excluding carboxylic acids is 2. The summed E-state index contributed by atoms with van der Waals surface area (Å²) in [5.74, 6) is 0.478. The minimum absolute atomic E-state index is 0.112. The Labute approximate surface area is 207 Å². The number of H-pyrrole nitrogens is 1. The summed E-state index contributed by atoms with van der Waals surface area (Å²) in [6, 6.07) is 25.0. The summed E-state index contributed by atoms with van der Waals surface area (Å²) in [5.41, 5.74) is 4.89. The third-order valence-corrected chi connectivity index (χ3v) is 7.26. The van der Waals surface area contributed by atoms with Crippen molar-refractivity contribution in [3.05, 3.63) is 112 Å². The number of hydrogen-bond acceptors (Lipinski definition) is 3. The number of para-hydroxylation sites is 1. The molecule has 2 atom stereocenters. The van der Waals surface area contributed by atoms with E-state index in [0.717, 1.165) is 34.5 Å². The second-order valence-electron chi connectivity index (χ2n) is 9.28. The lowest BCUT2D eigenvalue weighted by Crippen LogP contribution is -2.32. The van der Waals surface area contributed by atoms with E-state index in [1.54, 1.807) is 12.1 Å². The van der Waals surface area contributed by atoms with E-state index >= 15 is 0 Å². The number of anilines is 2. The molecule has 2 N–H and O–H groups in total. The molecule has 1 aliphatic heterocycles. The lowest BCUT2D eigenvalue weighted by molar-refractivity contribution is -0.120. The van der Waals surface area contributed by atoms with Gasteiger partial charge in [-0.15, -0.1) is 0 Å². The van der Waals surface area contributed by atoms with Crippen LogP contribution in [0.5, 0.6) is 0 Å². The number of carbonyl (C=O) groups is 2. The van der Waals surface area contributed by atoms with Gasteiger partial charge in [-0.3, -0.25) is 14.7 Å². The topological polar surface area (TPSA) is 78.1 Å². The molecule has 4 aromatic rings. The summed E-state index contributed by atoms with van der Waals surface area (Å²) in [4.78, 5) is 28.5. The average molecular weight is 483 g/mol. The smallest absolute Gasteiger partial charge is 0.256 e. The van der Waals surface area contributed by atoms with Gasteiger partial charge in [0.1, 0.15) is 0 Å². The van der Waals surface area contributed by atoms with Crippen molar-refractivity contribution in [1.82, 2.24) is 10.2 Å². The van der Waals surface area contributed by atoms with E-state index in [2.05, 4.69) is 21.6 Å². The molecule has 1 aliphatic carbocycles. The second-order valence-corrected chi connectivity index (χ2v) is 9.72. The number of hydrogen-bond donors (Lipinski definition) is 2. The fourth-order valence-corrected chi connectivity index (χ4v) is 5.39. The first kappa shape index (κ1) is 21.6. The molecule has 0 bridgehead atoms. The molecule has 6 nitrogen and oxygen atoms in total. The Morgan fingerprint density at radius 2 is 1.91 bits per heavy atom. The van der Waals surface area contributed by atoms with Gasteiger partial charge in [0.25, 0.3) is 5.91 Å². The van der Waals surface area contributed by atoms with Gasteiger partial charge in [0.15, 0.2) is 5.82 Å². The highest BCUT2D eigenvalue weighted by Gasteiger charge is 2.67. The van der Waals surface area contributed by atoms with Crippen LogP contribution in [0.4, 0.5) is 11.5 Å². The number of rotatable bonds is 5. The monoisotopic (exact) mass is 482 g/mol. The molecule has 174 valence electrons. The number of halogens is 1. The molecule has 1 fully saturated rings. The SMILES string of the molecule is Cc1cc(NC(=O)c2cccc(CN3C(=O)[C@]4(C[C@@H]4c4ccc(Cl)cc4)c4ccccc43)c2)n[nH]1. The van der Waals surface area contributed by atoms with Crippen molar-refractivity contribution in [2.24, 2.45) is 0 Å². The van der Waals surface area contributed by atoms with Crippen LogP contribution in [0.25, 0.3) is 0 Å². The molecule has 3 aromatic carbocycles. The van der Waals surface area contributed by atoms with Gasteiger partial charge in [0.05, 0.1) is 12.0 Å². The third-order valence-electron chi connectivity index (χ3n) is 7.01. The zero-order chi connectivity index (χ0) is 24.2. The Kier molecular flexibility index (Phi) is 5.00. The number of benzene rings is 3. The fourth-order valence-electron chi connectivity index (χ4n) is 5.27. The minimum Gasteiger partial charge on any atom is -0.307 e. The molecule has 7 heteroatoms. The van der Waals surface area contributed by atoms with Gasteiger partial charge in [-0.2, -0.15) is 5.10 Å². The Balaban J connectivity index is 1.27. The molecular weight excluding hydrogens is 460 g/mol. The van der Waals surface area contributed by atoms with E-state index in [4.69, 9.17) is 11.6 Å². The second kappa shape index (κ2) is 8.10. The number of aromatic amines is 1. The molecule has 35 heavy (non-hydrogen) atoms. The highest BCUT2D eigenvalue weighted by Crippen LogP contribution is 2.66. The molecule has 2 aliphatic rings. The molecule has 2 amide bonds. The summed E-state index contributed by atoms with van der Waals surface area (Å²) >= 11 is 6.08. The molecule has 0 saturated heterocycles. The number of nitrogens with zero attached hydrogens (tertiary/aromatic N) is 2. The van der Waals surface area contributed by atoms with Crippen molar-refractivity contribution in [1.29, 1.82) is 0 Å². The maximum atomic E-state index is 13.9. The predicted molar refractivity (Wildman–Crippen MR) is 136 cm³/mol. The largest absolute Gasteiger partial charge is 0.307 e. The summed E-state index contributed by atoms with van der Waals surface area (Å²) < 4.78 is 0. The number of nitrogens with one attached hydrogen (secondary N) is 2. The molecule has 0 unspecified atom stereocenters.